The summed E-state index contributed by atoms with van der Waals surface area (Å²) >= 11 is 0. The number of ether oxygens (including phenoxy) is 4. The number of nitrogens with zero attached hydrogens (tertiary/aromatic N) is 1. The van der Waals surface area contributed by atoms with Crippen molar-refractivity contribution in [1.82, 2.24) is 4.90 Å². The first-order chi connectivity index (χ1) is 20.6. The lowest BCUT2D eigenvalue weighted by Crippen LogP contribution is -2.55. The van der Waals surface area contributed by atoms with Gasteiger partial charge < -0.3 is 33.7 Å². The smallest absolute Gasteiger partial charge is 0.137 e. The predicted octanol–water partition coefficient (Wildman–Crippen LogP) is 5.16. The van der Waals surface area contributed by atoms with E-state index in [0.717, 1.165) is 27.6 Å². The number of likely N-dealkylation sites (tertiary alicyclic amines) is 1. The second kappa shape index (κ2) is 14.9. The van der Waals surface area contributed by atoms with Gasteiger partial charge in [0.15, 0.2) is 0 Å². The highest BCUT2D eigenvalue weighted by molar-refractivity contribution is 5.82. The first-order valence-corrected chi connectivity index (χ1v) is 14.4. The molecule has 1 aliphatic rings. The number of amides is 1. The molecule has 3 atom stereocenters. The fraction of sp³-hybridized carbons (Fsp3) is 0.343. The second-order valence-electron chi connectivity index (χ2n) is 10.8. The molecular weight excluding hydrogens is 530 g/mol. The van der Waals surface area contributed by atoms with Gasteiger partial charge >= 0.3 is 0 Å². The quantitative estimate of drug-likeness (QED) is 0.207. The van der Waals surface area contributed by atoms with Crippen LogP contribution in [0.2, 0.25) is 0 Å². The van der Waals surface area contributed by atoms with E-state index in [0.29, 0.717) is 46.2 Å². The van der Waals surface area contributed by atoms with E-state index in [1.165, 1.54) is 10.3 Å². The molecule has 0 spiro atoms. The first-order valence-electron chi connectivity index (χ1n) is 14.4. The Labute approximate surface area is 247 Å². The molecule has 0 radical (unpaired) electrons. The zero-order valence-electron chi connectivity index (χ0n) is 24.0. The van der Waals surface area contributed by atoms with Gasteiger partial charge in [-0.2, -0.15) is 0 Å². The molecule has 7 heteroatoms. The molecule has 0 aliphatic carbocycles. The van der Waals surface area contributed by atoms with Crippen molar-refractivity contribution in [3.8, 4) is 0 Å². The number of piperidine rings is 1. The maximum Gasteiger partial charge on any atom is 0.137 e. The van der Waals surface area contributed by atoms with Crippen molar-refractivity contribution in [2.24, 2.45) is 5.92 Å². The Bertz CT molecular complexity index is 1410. The van der Waals surface area contributed by atoms with Crippen LogP contribution >= 0.6 is 0 Å². The normalized spacial score (nSPS) is 18.8. The number of benzene rings is 4. The average Bonchev–Trinajstić information content (AvgIpc) is 3.02. The summed E-state index contributed by atoms with van der Waals surface area (Å²) in [6, 6.07) is 32.9. The summed E-state index contributed by atoms with van der Waals surface area (Å²) < 4.78 is 23.5. The molecule has 0 saturated carbocycles. The highest BCUT2D eigenvalue weighted by Crippen LogP contribution is 2.36. The lowest BCUT2D eigenvalue weighted by Gasteiger charge is -2.44. The van der Waals surface area contributed by atoms with Crippen LogP contribution in [0.1, 0.15) is 28.2 Å². The van der Waals surface area contributed by atoms with E-state index < -0.39 is 6.09 Å². The molecule has 0 bridgehead atoms. The van der Waals surface area contributed by atoms with E-state index in [1.807, 2.05) is 42.5 Å². The standard InChI is InChI=1S/C35H39NO6/c1-39-25-32-20-36(35(37)38)21-33(42-24-28-13-14-29-9-5-6-10-31(29)19-28)34(32)30-15-11-27(12-16-30)23-41-18-17-40-22-26-7-3-2-4-8-26/h2-16,19,32-34H,17-18,20-25H2,1H3,(H,37,38)/p-1. The van der Waals surface area contributed by atoms with Gasteiger partial charge in [0.25, 0.3) is 0 Å². The average molecular weight is 569 g/mol. The minimum Gasteiger partial charge on any atom is -0.530 e. The summed E-state index contributed by atoms with van der Waals surface area (Å²) in [5.74, 6) is -0.116. The van der Waals surface area contributed by atoms with Crippen LogP contribution in [-0.4, -0.2) is 57.1 Å². The van der Waals surface area contributed by atoms with E-state index in [-0.39, 0.29) is 24.5 Å². The summed E-state index contributed by atoms with van der Waals surface area (Å²) in [6.07, 6.45) is -1.54. The Balaban J connectivity index is 1.22. The van der Waals surface area contributed by atoms with Crippen LogP contribution in [0.3, 0.4) is 0 Å². The van der Waals surface area contributed by atoms with Crippen molar-refractivity contribution in [3.63, 3.8) is 0 Å². The molecule has 4 aromatic carbocycles. The van der Waals surface area contributed by atoms with Gasteiger partial charge in [0.1, 0.15) is 6.09 Å². The zero-order chi connectivity index (χ0) is 29.1. The summed E-state index contributed by atoms with van der Waals surface area (Å²) in [5, 5.41) is 14.2. The van der Waals surface area contributed by atoms with Crippen LogP contribution in [0, 0.1) is 5.92 Å². The van der Waals surface area contributed by atoms with Gasteiger partial charge in [-0.25, -0.2) is 0 Å². The number of rotatable bonds is 13. The van der Waals surface area contributed by atoms with Crippen molar-refractivity contribution in [1.29, 1.82) is 0 Å². The molecule has 3 unspecified atom stereocenters. The van der Waals surface area contributed by atoms with Crippen molar-refractivity contribution in [2.75, 3.05) is 40.0 Å². The fourth-order valence-corrected chi connectivity index (χ4v) is 5.71. The molecule has 5 rings (SSSR count). The van der Waals surface area contributed by atoms with Gasteiger partial charge in [0.05, 0.1) is 45.7 Å². The predicted molar refractivity (Wildman–Crippen MR) is 160 cm³/mol. The molecule has 1 saturated heterocycles. The SMILES string of the molecule is COCC1CN(C(=O)[O-])CC(OCc2ccc3ccccc3c2)C1c1ccc(COCCOCc2ccccc2)cc1. The van der Waals surface area contributed by atoms with E-state index >= 15 is 0 Å². The van der Waals surface area contributed by atoms with E-state index in [1.54, 1.807) is 7.11 Å². The van der Waals surface area contributed by atoms with Crippen molar-refractivity contribution in [3.05, 3.63) is 119 Å². The maximum absolute atomic E-state index is 11.9. The fourth-order valence-electron chi connectivity index (χ4n) is 5.71. The van der Waals surface area contributed by atoms with Gasteiger partial charge in [0, 0.05) is 32.0 Å². The monoisotopic (exact) mass is 568 g/mol. The third kappa shape index (κ3) is 7.95. The number of carbonyl (C=O) groups is 1. The summed E-state index contributed by atoms with van der Waals surface area (Å²) in [5.41, 5.74) is 4.34. The summed E-state index contributed by atoms with van der Waals surface area (Å²) in [6.45, 7) is 3.47. The Morgan fingerprint density at radius 3 is 2.10 bits per heavy atom. The Morgan fingerprint density at radius 1 is 0.762 bits per heavy atom. The molecule has 1 aliphatic heterocycles. The van der Waals surface area contributed by atoms with Crippen LogP contribution in [0.5, 0.6) is 0 Å². The number of carbonyl (C=O) groups excluding carboxylic acids is 1. The van der Waals surface area contributed by atoms with Gasteiger partial charge in [-0.3, -0.25) is 0 Å². The van der Waals surface area contributed by atoms with Crippen LogP contribution in [-0.2, 0) is 38.8 Å². The molecule has 0 N–H and O–H groups in total. The number of fused-ring (bicyclic) bond motifs is 1. The largest absolute Gasteiger partial charge is 0.530 e. The minimum atomic E-state index is -1.19. The molecule has 220 valence electrons. The molecule has 1 heterocycles. The third-order valence-electron chi connectivity index (χ3n) is 7.80. The number of methoxy groups -OCH3 is 1. The van der Waals surface area contributed by atoms with Gasteiger partial charge in [-0.05, 0) is 39.1 Å². The van der Waals surface area contributed by atoms with Crippen LogP contribution < -0.4 is 5.11 Å². The molecule has 1 amide bonds. The van der Waals surface area contributed by atoms with Crippen molar-refractivity contribution < 1.29 is 28.8 Å². The number of hydrogen-bond donors (Lipinski definition) is 0. The van der Waals surface area contributed by atoms with E-state index in [4.69, 9.17) is 18.9 Å². The number of carboxylic acid groups (broad SMARTS) is 1. The first kappa shape index (κ1) is 29.7. The maximum atomic E-state index is 11.9. The Kier molecular flexibility index (Phi) is 10.6. The third-order valence-corrected chi connectivity index (χ3v) is 7.80. The van der Waals surface area contributed by atoms with E-state index in [2.05, 4.69) is 54.6 Å². The number of hydrogen-bond acceptors (Lipinski definition) is 6. The minimum absolute atomic E-state index is 0.0395. The van der Waals surface area contributed by atoms with Crippen LogP contribution in [0.25, 0.3) is 10.8 Å². The van der Waals surface area contributed by atoms with E-state index in [9.17, 15) is 9.90 Å². The lowest BCUT2D eigenvalue weighted by atomic mass is 9.78. The molecule has 42 heavy (non-hydrogen) atoms. The Morgan fingerprint density at radius 2 is 1.40 bits per heavy atom. The Hall–Kier alpha value is -3.75. The highest BCUT2D eigenvalue weighted by Gasteiger charge is 2.38. The highest BCUT2D eigenvalue weighted by atomic mass is 16.5. The molecular formula is C35H38NO6-. The molecule has 1 fully saturated rings. The zero-order valence-corrected chi connectivity index (χ0v) is 24.0. The summed E-state index contributed by atoms with van der Waals surface area (Å²) in [7, 11) is 1.64. The summed E-state index contributed by atoms with van der Waals surface area (Å²) in [4.78, 5) is 13.2. The van der Waals surface area contributed by atoms with Gasteiger partial charge in [0.2, 0.25) is 0 Å². The molecule has 4 aromatic rings. The van der Waals surface area contributed by atoms with Crippen molar-refractivity contribution in [2.45, 2.75) is 31.8 Å². The van der Waals surface area contributed by atoms with Crippen molar-refractivity contribution >= 4 is 16.9 Å². The van der Waals surface area contributed by atoms with Crippen LogP contribution in [0.4, 0.5) is 4.79 Å². The van der Waals surface area contributed by atoms with Gasteiger partial charge in [-0.1, -0.05) is 91.0 Å². The van der Waals surface area contributed by atoms with Gasteiger partial charge in [-0.15, -0.1) is 0 Å². The molecule has 7 nitrogen and oxygen atoms in total. The molecule has 0 aromatic heterocycles. The lowest BCUT2D eigenvalue weighted by molar-refractivity contribution is -0.270. The van der Waals surface area contributed by atoms with Crippen LogP contribution in [0.15, 0.2) is 97.1 Å². The second-order valence-corrected chi connectivity index (χ2v) is 10.8. The topological polar surface area (TPSA) is 80.3 Å².